The number of carboxylic acids is 1. The monoisotopic (exact) mass is 538 g/mol. The summed E-state index contributed by atoms with van der Waals surface area (Å²) in [6, 6.07) is 14.2. The number of ether oxygens (including phenoxy) is 2. The Morgan fingerprint density at radius 2 is 1.54 bits per heavy atom. The lowest BCUT2D eigenvalue weighted by Crippen LogP contribution is -2.44. The molecule has 0 radical (unpaired) electrons. The van der Waals surface area contributed by atoms with Gasteiger partial charge in [0.25, 0.3) is 0 Å². The van der Waals surface area contributed by atoms with E-state index in [1.807, 2.05) is 60.4 Å². The number of benzene rings is 2. The molecule has 3 rings (SSSR count). The standard InChI is InChI=1S/C31H42N2O6/c1-4-38-26-10-5-23(6-11-26)9-14-30(35)33-17-15-25(16-18-33)20-29(34)32-28(31(36)37)19-24-7-12-27(13-8-24)39-21-22(2)3/h5-8,10-13,22,25,28H,4,9,14-21H2,1-3H3,(H,32,34)(H,36,37)/t28-/m0/s1. The largest absolute Gasteiger partial charge is 0.494 e. The zero-order chi connectivity index (χ0) is 28.2. The molecule has 2 N–H and O–H groups in total. The van der Waals surface area contributed by atoms with Crippen LogP contribution in [0.5, 0.6) is 11.5 Å². The summed E-state index contributed by atoms with van der Waals surface area (Å²) in [6.07, 6.45) is 3.06. The Morgan fingerprint density at radius 3 is 2.10 bits per heavy atom. The number of nitrogens with one attached hydrogen (secondary N) is 1. The number of likely N-dealkylation sites (tertiary alicyclic amines) is 1. The van der Waals surface area contributed by atoms with E-state index in [1.165, 1.54) is 0 Å². The Bertz CT molecular complexity index is 1060. The molecule has 0 aliphatic carbocycles. The highest BCUT2D eigenvalue weighted by Crippen LogP contribution is 2.22. The van der Waals surface area contributed by atoms with Crippen LogP contribution in [-0.2, 0) is 27.2 Å². The minimum atomic E-state index is -1.06. The third-order valence-electron chi connectivity index (χ3n) is 6.88. The van der Waals surface area contributed by atoms with Crippen LogP contribution < -0.4 is 14.8 Å². The van der Waals surface area contributed by atoms with Crippen molar-refractivity contribution in [3.05, 3.63) is 59.7 Å². The molecular weight excluding hydrogens is 496 g/mol. The number of carbonyl (C=O) groups is 3. The number of aliphatic carboxylic acids is 1. The second kappa shape index (κ2) is 15.1. The Hall–Kier alpha value is -3.55. The van der Waals surface area contributed by atoms with Crippen LogP contribution in [0.25, 0.3) is 0 Å². The molecule has 1 aliphatic rings. The van der Waals surface area contributed by atoms with Crippen molar-refractivity contribution in [2.45, 2.75) is 65.3 Å². The molecule has 1 fully saturated rings. The van der Waals surface area contributed by atoms with Gasteiger partial charge < -0.3 is 24.8 Å². The Balaban J connectivity index is 1.39. The molecule has 8 nitrogen and oxygen atoms in total. The third-order valence-corrected chi connectivity index (χ3v) is 6.88. The van der Waals surface area contributed by atoms with E-state index >= 15 is 0 Å². The first kappa shape index (κ1) is 30.0. The highest BCUT2D eigenvalue weighted by atomic mass is 16.5. The van der Waals surface area contributed by atoms with E-state index in [4.69, 9.17) is 9.47 Å². The van der Waals surface area contributed by atoms with E-state index in [-0.39, 0.29) is 30.6 Å². The van der Waals surface area contributed by atoms with E-state index in [0.717, 1.165) is 35.5 Å². The molecule has 1 heterocycles. The maximum atomic E-state index is 12.7. The molecule has 1 aliphatic heterocycles. The van der Waals surface area contributed by atoms with Crippen molar-refractivity contribution >= 4 is 17.8 Å². The maximum Gasteiger partial charge on any atom is 0.326 e. The zero-order valence-corrected chi connectivity index (χ0v) is 23.4. The summed E-state index contributed by atoms with van der Waals surface area (Å²) < 4.78 is 11.1. The van der Waals surface area contributed by atoms with Gasteiger partial charge in [-0.25, -0.2) is 4.79 Å². The lowest BCUT2D eigenvalue weighted by molar-refractivity contribution is -0.142. The van der Waals surface area contributed by atoms with Gasteiger partial charge in [0.1, 0.15) is 17.5 Å². The van der Waals surface area contributed by atoms with Crippen LogP contribution in [-0.4, -0.2) is 60.1 Å². The molecule has 1 saturated heterocycles. The first-order valence-corrected chi connectivity index (χ1v) is 14.0. The molecule has 39 heavy (non-hydrogen) atoms. The fraction of sp³-hybridized carbons (Fsp3) is 0.516. The van der Waals surface area contributed by atoms with Crippen LogP contribution in [0.1, 0.15) is 57.6 Å². The van der Waals surface area contributed by atoms with Crippen LogP contribution in [0.4, 0.5) is 0 Å². The minimum absolute atomic E-state index is 0.123. The van der Waals surface area contributed by atoms with Crippen LogP contribution in [0.3, 0.4) is 0 Å². The van der Waals surface area contributed by atoms with E-state index in [2.05, 4.69) is 19.2 Å². The van der Waals surface area contributed by atoms with Crippen molar-refractivity contribution in [3.63, 3.8) is 0 Å². The number of carbonyl (C=O) groups excluding carboxylic acids is 2. The normalized spacial score (nSPS) is 14.6. The molecule has 8 heteroatoms. The number of carboxylic acid groups (broad SMARTS) is 1. The first-order chi connectivity index (χ1) is 18.7. The van der Waals surface area contributed by atoms with E-state index in [0.29, 0.717) is 45.1 Å². The molecule has 212 valence electrons. The molecule has 0 aromatic heterocycles. The van der Waals surface area contributed by atoms with Crippen molar-refractivity contribution in [2.24, 2.45) is 11.8 Å². The summed E-state index contributed by atoms with van der Waals surface area (Å²) in [4.78, 5) is 39.1. The number of amides is 2. The Morgan fingerprint density at radius 1 is 0.949 bits per heavy atom. The molecule has 2 aromatic carbocycles. The van der Waals surface area contributed by atoms with E-state index < -0.39 is 12.0 Å². The zero-order valence-electron chi connectivity index (χ0n) is 23.4. The molecule has 0 spiro atoms. The summed E-state index contributed by atoms with van der Waals surface area (Å²) >= 11 is 0. The molecule has 1 atom stereocenters. The highest BCUT2D eigenvalue weighted by Gasteiger charge is 2.26. The summed E-state index contributed by atoms with van der Waals surface area (Å²) in [7, 11) is 0. The van der Waals surface area contributed by atoms with Crippen LogP contribution in [0.15, 0.2) is 48.5 Å². The van der Waals surface area contributed by atoms with Gasteiger partial charge in [0, 0.05) is 32.4 Å². The van der Waals surface area contributed by atoms with Gasteiger partial charge in [0.15, 0.2) is 0 Å². The molecule has 2 amide bonds. The average molecular weight is 539 g/mol. The second-order valence-corrected chi connectivity index (χ2v) is 10.6. The van der Waals surface area contributed by atoms with Gasteiger partial charge in [-0.3, -0.25) is 9.59 Å². The number of rotatable bonds is 14. The number of hydrogen-bond donors (Lipinski definition) is 2. The maximum absolute atomic E-state index is 12.7. The van der Waals surface area contributed by atoms with Gasteiger partial charge >= 0.3 is 5.97 Å². The van der Waals surface area contributed by atoms with Crippen molar-refractivity contribution in [2.75, 3.05) is 26.3 Å². The fourth-order valence-corrected chi connectivity index (χ4v) is 4.65. The van der Waals surface area contributed by atoms with E-state index in [1.54, 1.807) is 0 Å². The van der Waals surface area contributed by atoms with E-state index in [9.17, 15) is 19.5 Å². The quantitative estimate of drug-likeness (QED) is 0.367. The number of piperidine rings is 1. The fourth-order valence-electron chi connectivity index (χ4n) is 4.65. The molecule has 0 bridgehead atoms. The summed E-state index contributed by atoms with van der Waals surface area (Å²) in [5.41, 5.74) is 1.92. The predicted octanol–water partition coefficient (Wildman–Crippen LogP) is 4.49. The Kier molecular flexibility index (Phi) is 11.6. The van der Waals surface area contributed by atoms with Crippen molar-refractivity contribution < 1.29 is 29.0 Å². The Labute approximate surface area is 231 Å². The number of nitrogens with zero attached hydrogens (tertiary/aromatic N) is 1. The van der Waals surface area contributed by atoms with Crippen molar-refractivity contribution in [1.82, 2.24) is 10.2 Å². The summed E-state index contributed by atoms with van der Waals surface area (Å²) in [5, 5.41) is 12.4. The van der Waals surface area contributed by atoms with Gasteiger partial charge in [-0.05, 0) is 73.4 Å². The average Bonchev–Trinajstić information content (AvgIpc) is 2.92. The SMILES string of the molecule is CCOc1ccc(CCC(=O)N2CCC(CC(=O)N[C@@H](Cc3ccc(OCC(C)C)cc3)C(=O)O)CC2)cc1. The lowest BCUT2D eigenvalue weighted by Gasteiger charge is -2.32. The summed E-state index contributed by atoms with van der Waals surface area (Å²) in [6.45, 7) is 8.57. The van der Waals surface area contributed by atoms with Crippen LogP contribution in [0, 0.1) is 11.8 Å². The van der Waals surface area contributed by atoms with Gasteiger partial charge in [-0.15, -0.1) is 0 Å². The molecule has 2 aromatic rings. The van der Waals surface area contributed by atoms with Crippen molar-refractivity contribution in [1.29, 1.82) is 0 Å². The number of hydrogen-bond acceptors (Lipinski definition) is 5. The van der Waals surface area contributed by atoms with Gasteiger partial charge in [0.05, 0.1) is 13.2 Å². The lowest BCUT2D eigenvalue weighted by atomic mass is 9.92. The van der Waals surface area contributed by atoms with Crippen molar-refractivity contribution in [3.8, 4) is 11.5 Å². The highest BCUT2D eigenvalue weighted by molar-refractivity contribution is 5.84. The smallest absolute Gasteiger partial charge is 0.326 e. The van der Waals surface area contributed by atoms with Crippen LogP contribution >= 0.6 is 0 Å². The molecular formula is C31H42N2O6. The van der Waals surface area contributed by atoms with Crippen LogP contribution in [0.2, 0.25) is 0 Å². The summed E-state index contributed by atoms with van der Waals surface area (Å²) in [5.74, 6) is 0.916. The predicted molar refractivity (Wildman–Crippen MR) is 150 cm³/mol. The second-order valence-electron chi connectivity index (χ2n) is 10.6. The third kappa shape index (κ3) is 10.3. The first-order valence-electron chi connectivity index (χ1n) is 14.0. The molecule has 0 unspecified atom stereocenters. The van der Waals surface area contributed by atoms with Gasteiger partial charge in [-0.1, -0.05) is 38.1 Å². The number of aryl methyl sites for hydroxylation is 1. The molecule has 0 saturated carbocycles. The topological polar surface area (TPSA) is 105 Å². The van der Waals surface area contributed by atoms with Gasteiger partial charge in [-0.2, -0.15) is 0 Å². The minimum Gasteiger partial charge on any atom is -0.494 e. The van der Waals surface area contributed by atoms with Gasteiger partial charge in [0.2, 0.25) is 11.8 Å².